The third kappa shape index (κ3) is 5.32. The van der Waals surface area contributed by atoms with E-state index in [1.165, 1.54) is 59.4 Å². The Bertz CT molecular complexity index is 997. The maximum absolute atomic E-state index is 6.68. The normalized spacial score (nSPS) is 21.7. The van der Waals surface area contributed by atoms with Gasteiger partial charge in [0.2, 0.25) is 0 Å². The first-order chi connectivity index (χ1) is 15.9. The summed E-state index contributed by atoms with van der Waals surface area (Å²) in [5, 5.41) is 0. The van der Waals surface area contributed by atoms with Crippen molar-refractivity contribution in [2.45, 2.75) is 65.5 Å². The standard InChI is InChI=1S/C29H41N3O.2ClH/c1-21-22(2)27-25(28(29(4,5)33-27)32-14-9-10-15-32)23(3)26(21)31-19-17-30(18-20-31)16-13-24-11-7-6-8-12-24;;/h6-8,11-12,28H,9-10,13-20H2,1-5H3;2*1H. The molecule has 0 radical (unpaired) electrons. The lowest BCUT2D eigenvalue weighted by Gasteiger charge is -2.39. The van der Waals surface area contributed by atoms with Crippen LogP contribution in [0, 0.1) is 20.8 Å². The Balaban J connectivity index is 0.00000171. The highest BCUT2D eigenvalue weighted by atomic mass is 35.5. The molecule has 0 saturated carbocycles. The molecule has 0 aliphatic carbocycles. The number of benzene rings is 2. The number of anilines is 1. The molecule has 2 fully saturated rings. The molecule has 4 nitrogen and oxygen atoms in total. The van der Waals surface area contributed by atoms with Crippen molar-refractivity contribution in [2.75, 3.05) is 50.7 Å². The summed E-state index contributed by atoms with van der Waals surface area (Å²) in [5.41, 5.74) is 8.40. The van der Waals surface area contributed by atoms with Gasteiger partial charge in [-0.05, 0) is 89.2 Å². The van der Waals surface area contributed by atoms with Crippen LogP contribution in [-0.4, -0.2) is 61.2 Å². The van der Waals surface area contributed by atoms with Gasteiger partial charge in [-0.2, -0.15) is 0 Å². The van der Waals surface area contributed by atoms with Crippen molar-refractivity contribution in [2.24, 2.45) is 0 Å². The summed E-state index contributed by atoms with van der Waals surface area (Å²) < 4.78 is 6.68. The van der Waals surface area contributed by atoms with E-state index in [-0.39, 0.29) is 30.4 Å². The van der Waals surface area contributed by atoms with Crippen LogP contribution in [0.2, 0.25) is 0 Å². The summed E-state index contributed by atoms with van der Waals surface area (Å²) in [7, 11) is 0. The molecular weight excluding hydrogens is 477 g/mol. The molecule has 5 rings (SSSR count). The maximum atomic E-state index is 6.68. The number of nitrogens with zero attached hydrogens (tertiary/aromatic N) is 3. The highest BCUT2D eigenvalue weighted by Gasteiger charge is 2.47. The molecule has 1 atom stereocenters. The lowest BCUT2D eigenvalue weighted by atomic mass is 9.87. The van der Waals surface area contributed by atoms with Crippen molar-refractivity contribution in [1.29, 1.82) is 0 Å². The lowest BCUT2D eigenvalue weighted by molar-refractivity contribution is 0.0396. The van der Waals surface area contributed by atoms with Crippen LogP contribution < -0.4 is 9.64 Å². The van der Waals surface area contributed by atoms with Crippen LogP contribution in [0.3, 0.4) is 0 Å². The van der Waals surface area contributed by atoms with Gasteiger partial charge in [0.1, 0.15) is 11.4 Å². The second kappa shape index (κ2) is 11.3. The molecule has 194 valence electrons. The smallest absolute Gasteiger partial charge is 0.128 e. The van der Waals surface area contributed by atoms with E-state index in [2.05, 4.69) is 79.7 Å². The Morgan fingerprint density at radius 1 is 0.829 bits per heavy atom. The summed E-state index contributed by atoms with van der Waals surface area (Å²) in [6.45, 7) is 19.5. The molecule has 2 saturated heterocycles. The quantitative estimate of drug-likeness (QED) is 0.472. The average Bonchev–Trinajstić information content (AvgIpc) is 3.43. The Morgan fingerprint density at radius 2 is 1.46 bits per heavy atom. The van der Waals surface area contributed by atoms with Crippen LogP contribution in [-0.2, 0) is 6.42 Å². The van der Waals surface area contributed by atoms with Gasteiger partial charge in [-0.1, -0.05) is 30.3 Å². The maximum Gasteiger partial charge on any atom is 0.128 e. The number of hydrogen-bond donors (Lipinski definition) is 0. The molecule has 0 amide bonds. The predicted molar refractivity (Wildman–Crippen MR) is 152 cm³/mol. The average molecular weight is 521 g/mol. The van der Waals surface area contributed by atoms with E-state index in [4.69, 9.17) is 4.74 Å². The number of halogens is 2. The number of fused-ring (bicyclic) bond motifs is 1. The molecule has 3 heterocycles. The summed E-state index contributed by atoms with van der Waals surface area (Å²) >= 11 is 0. The highest BCUT2D eigenvalue weighted by molar-refractivity contribution is 5.85. The number of rotatable bonds is 5. The van der Waals surface area contributed by atoms with E-state index in [0.717, 1.165) is 44.9 Å². The van der Waals surface area contributed by atoms with Gasteiger partial charge in [0.25, 0.3) is 0 Å². The first kappa shape index (κ1) is 28.1. The van der Waals surface area contributed by atoms with Crippen molar-refractivity contribution in [1.82, 2.24) is 9.80 Å². The van der Waals surface area contributed by atoms with E-state index >= 15 is 0 Å². The molecule has 0 spiro atoms. The number of likely N-dealkylation sites (tertiary alicyclic amines) is 1. The first-order valence-electron chi connectivity index (χ1n) is 12.9. The van der Waals surface area contributed by atoms with Gasteiger partial charge in [-0.3, -0.25) is 9.80 Å². The third-order valence-electron chi connectivity index (χ3n) is 8.31. The fourth-order valence-corrected chi connectivity index (χ4v) is 6.48. The molecule has 35 heavy (non-hydrogen) atoms. The van der Waals surface area contributed by atoms with Crippen molar-refractivity contribution >= 4 is 30.5 Å². The molecule has 3 aliphatic heterocycles. The first-order valence-corrected chi connectivity index (χ1v) is 12.9. The van der Waals surface area contributed by atoms with Crippen molar-refractivity contribution < 1.29 is 4.74 Å². The summed E-state index contributed by atoms with van der Waals surface area (Å²) in [4.78, 5) is 7.97. The Morgan fingerprint density at radius 3 is 2.09 bits per heavy atom. The summed E-state index contributed by atoms with van der Waals surface area (Å²) in [6.07, 6.45) is 3.76. The van der Waals surface area contributed by atoms with Crippen molar-refractivity contribution in [3.63, 3.8) is 0 Å². The van der Waals surface area contributed by atoms with Gasteiger partial charge in [-0.15, -0.1) is 24.8 Å². The van der Waals surface area contributed by atoms with E-state index < -0.39 is 0 Å². The van der Waals surface area contributed by atoms with Crippen LogP contribution >= 0.6 is 24.8 Å². The second-order valence-electron chi connectivity index (χ2n) is 10.9. The zero-order valence-corrected chi connectivity index (χ0v) is 23.7. The number of ether oxygens (including phenoxy) is 1. The van der Waals surface area contributed by atoms with Crippen LogP contribution in [0.5, 0.6) is 5.75 Å². The molecule has 1 unspecified atom stereocenters. The lowest BCUT2D eigenvalue weighted by Crippen LogP contribution is -2.47. The summed E-state index contributed by atoms with van der Waals surface area (Å²) in [6, 6.07) is 11.3. The van der Waals surface area contributed by atoms with Gasteiger partial charge >= 0.3 is 0 Å². The topological polar surface area (TPSA) is 19.0 Å². The number of piperazine rings is 1. The molecule has 2 aromatic carbocycles. The minimum atomic E-state index is -0.177. The second-order valence-corrected chi connectivity index (χ2v) is 10.9. The molecule has 6 heteroatoms. The monoisotopic (exact) mass is 519 g/mol. The van der Waals surface area contributed by atoms with Gasteiger partial charge in [-0.25, -0.2) is 0 Å². The SMILES string of the molecule is Cc1c(C)c(N2CCN(CCc3ccccc3)CC2)c(C)c2c1OC(C)(C)C2N1CCCC1.Cl.Cl. The minimum Gasteiger partial charge on any atom is -0.485 e. The molecular formula is C29H43Cl2N3O. The minimum absolute atomic E-state index is 0. The Hall–Kier alpha value is -1.46. The van der Waals surface area contributed by atoms with Gasteiger partial charge in [0, 0.05) is 44.0 Å². The molecule has 3 aliphatic rings. The predicted octanol–water partition coefficient (Wildman–Crippen LogP) is 6.13. The zero-order chi connectivity index (χ0) is 23.2. The van der Waals surface area contributed by atoms with E-state index in [0.29, 0.717) is 6.04 Å². The fraction of sp³-hybridized carbons (Fsp3) is 0.586. The molecule has 0 aromatic heterocycles. The Kier molecular flexibility index (Phi) is 9.07. The van der Waals surface area contributed by atoms with Gasteiger partial charge < -0.3 is 9.64 Å². The zero-order valence-electron chi connectivity index (χ0n) is 22.1. The molecule has 2 aromatic rings. The van der Waals surface area contributed by atoms with E-state index in [1.54, 1.807) is 0 Å². The van der Waals surface area contributed by atoms with Gasteiger partial charge in [0.15, 0.2) is 0 Å². The van der Waals surface area contributed by atoms with Crippen LogP contribution in [0.1, 0.15) is 60.5 Å². The van der Waals surface area contributed by atoms with Crippen molar-refractivity contribution in [3.8, 4) is 5.75 Å². The van der Waals surface area contributed by atoms with E-state index in [9.17, 15) is 0 Å². The fourth-order valence-electron chi connectivity index (χ4n) is 6.48. The molecule has 0 N–H and O–H groups in total. The Labute approximate surface area is 224 Å². The third-order valence-corrected chi connectivity index (χ3v) is 8.31. The van der Waals surface area contributed by atoms with Gasteiger partial charge in [0.05, 0.1) is 6.04 Å². The molecule has 0 bridgehead atoms. The number of hydrogen-bond acceptors (Lipinski definition) is 4. The van der Waals surface area contributed by atoms with Crippen LogP contribution in [0.4, 0.5) is 5.69 Å². The highest BCUT2D eigenvalue weighted by Crippen LogP contribution is 2.53. The summed E-state index contributed by atoms with van der Waals surface area (Å²) in [5.74, 6) is 1.16. The van der Waals surface area contributed by atoms with Crippen LogP contribution in [0.15, 0.2) is 30.3 Å². The van der Waals surface area contributed by atoms with E-state index in [1.807, 2.05) is 0 Å². The van der Waals surface area contributed by atoms with Crippen LogP contribution in [0.25, 0.3) is 0 Å². The largest absolute Gasteiger partial charge is 0.485 e. The van der Waals surface area contributed by atoms with Crippen molar-refractivity contribution in [3.05, 3.63) is 58.1 Å².